The van der Waals surface area contributed by atoms with E-state index in [1.165, 1.54) is 24.3 Å². The predicted octanol–water partition coefficient (Wildman–Crippen LogP) is 3.81. The van der Waals surface area contributed by atoms with Crippen LogP contribution in [0.5, 0.6) is 11.5 Å². The van der Waals surface area contributed by atoms with Gasteiger partial charge in [0.25, 0.3) is 5.91 Å². The number of anilines is 1. The lowest BCUT2D eigenvalue weighted by Gasteiger charge is -2.13. The molecule has 10 heteroatoms. The molecule has 32 heavy (non-hydrogen) atoms. The van der Waals surface area contributed by atoms with Crippen molar-refractivity contribution < 1.29 is 28.2 Å². The molecule has 1 saturated heterocycles. The molecule has 0 aromatic heterocycles. The number of carbonyl (C=O) groups is 3. The molecule has 8 nitrogen and oxygen atoms in total. The Morgan fingerprint density at radius 3 is 2.59 bits per heavy atom. The largest absolute Gasteiger partial charge is 0.490 e. The van der Waals surface area contributed by atoms with Crippen LogP contribution in [0.3, 0.4) is 0 Å². The van der Waals surface area contributed by atoms with Crippen molar-refractivity contribution in [3.05, 3.63) is 58.5 Å². The first-order valence-electron chi connectivity index (χ1n) is 9.82. The summed E-state index contributed by atoms with van der Waals surface area (Å²) in [5.41, 5.74) is 0.396. The maximum Gasteiger partial charge on any atom is 0.329 e. The van der Waals surface area contributed by atoms with Gasteiger partial charge >= 0.3 is 6.03 Å². The van der Waals surface area contributed by atoms with Crippen LogP contribution in [0.4, 0.5) is 14.9 Å². The number of urea groups is 1. The van der Waals surface area contributed by atoms with Gasteiger partial charge in [-0.25, -0.2) is 14.1 Å². The molecule has 4 amide bonds. The van der Waals surface area contributed by atoms with E-state index in [1.54, 1.807) is 25.1 Å². The molecule has 0 bridgehead atoms. The quantitative estimate of drug-likeness (QED) is 0.460. The van der Waals surface area contributed by atoms with Crippen molar-refractivity contribution in [2.24, 2.45) is 0 Å². The van der Waals surface area contributed by atoms with Crippen LogP contribution in [-0.2, 0) is 9.59 Å². The third kappa shape index (κ3) is 5.17. The molecule has 1 fully saturated rings. The number of imide groups is 1. The summed E-state index contributed by atoms with van der Waals surface area (Å²) in [7, 11) is 0. The van der Waals surface area contributed by atoms with Crippen LogP contribution < -0.4 is 20.1 Å². The molecule has 0 atom stereocenters. The molecule has 1 aliphatic heterocycles. The monoisotopic (exact) mass is 461 g/mol. The molecular formula is C22H21ClFN3O5. The van der Waals surface area contributed by atoms with E-state index in [4.69, 9.17) is 21.1 Å². The summed E-state index contributed by atoms with van der Waals surface area (Å²) in [6.07, 6.45) is 1.42. The van der Waals surface area contributed by atoms with Crippen molar-refractivity contribution >= 4 is 41.2 Å². The summed E-state index contributed by atoms with van der Waals surface area (Å²) in [4.78, 5) is 37.9. The standard InChI is InChI=1S/C22H21ClFN3O5/c1-3-31-18-11-13(9-14(23)20(18)32-4-2)10-17-21(29)27(22(30)26-17)12-19(28)25-16-8-6-5-7-15(16)24/h5-11H,3-4,12H2,1-2H3,(H,25,28)(H,26,30)/b17-10+. The van der Waals surface area contributed by atoms with Crippen LogP contribution in [0.15, 0.2) is 42.1 Å². The maximum atomic E-state index is 13.7. The Balaban J connectivity index is 1.78. The molecule has 3 rings (SSSR count). The van der Waals surface area contributed by atoms with E-state index in [0.717, 1.165) is 4.90 Å². The van der Waals surface area contributed by atoms with Gasteiger partial charge in [-0.15, -0.1) is 0 Å². The molecule has 2 N–H and O–H groups in total. The van der Waals surface area contributed by atoms with Gasteiger partial charge < -0.3 is 20.1 Å². The SMILES string of the molecule is CCOc1cc(/C=C2/NC(=O)N(CC(=O)Nc3ccccc3F)C2=O)cc(Cl)c1OCC. The number of hydrogen-bond donors (Lipinski definition) is 2. The fraction of sp³-hybridized carbons (Fsp3) is 0.227. The van der Waals surface area contributed by atoms with Crippen molar-refractivity contribution in [2.75, 3.05) is 25.1 Å². The first kappa shape index (κ1) is 23.1. The van der Waals surface area contributed by atoms with Crippen LogP contribution in [0.1, 0.15) is 19.4 Å². The molecule has 2 aromatic carbocycles. The zero-order valence-electron chi connectivity index (χ0n) is 17.4. The number of para-hydroxylation sites is 1. The Kier molecular flexibility index (Phi) is 7.32. The van der Waals surface area contributed by atoms with Crippen LogP contribution in [-0.4, -0.2) is 42.5 Å². The van der Waals surface area contributed by atoms with Gasteiger partial charge in [0.15, 0.2) is 11.5 Å². The Morgan fingerprint density at radius 1 is 1.19 bits per heavy atom. The van der Waals surface area contributed by atoms with E-state index in [2.05, 4.69) is 10.6 Å². The minimum Gasteiger partial charge on any atom is -0.490 e. The predicted molar refractivity (Wildman–Crippen MR) is 117 cm³/mol. The van der Waals surface area contributed by atoms with E-state index < -0.39 is 30.2 Å². The van der Waals surface area contributed by atoms with Crippen LogP contribution in [0, 0.1) is 5.82 Å². The van der Waals surface area contributed by atoms with Crippen LogP contribution in [0.2, 0.25) is 5.02 Å². The fourth-order valence-electron chi connectivity index (χ4n) is 3.00. The molecule has 0 radical (unpaired) electrons. The summed E-state index contributed by atoms with van der Waals surface area (Å²) in [6, 6.07) is 8.00. The number of amides is 4. The van der Waals surface area contributed by atoms with Crippen LogP contribution >= 0.6 is 11.6 Å². The van der Waals surface area contributed by atoms with E-state index in [0.29, 0.717) is 30.3 Å². The van der Waals surface area contributed by atoms with Gasteiger partial charge in [-0.05, 0) is 49.8 Å². The first-order valence-corrected chi connectivity index (χ1v) is 10.2. The van der Waals surface area contributed by atoms with E-state index in [-0.39, 0.29) is 16.4 Å². The van der Waals surface area contributed by atoms with Gasteiger partial charge in [-0.2, -0.15) is 0 Å². The zero-order valence-corrected chi connectivity index (χ0v) is 18.2. The second kappa shape index (κ2) is 10.1. The average molecular weight is 462 g/mol. The number of nitrogens with zero attached hydrogens (tertiary/aromatic N) is 1. The lowest BCUT2D eigenvalue weighted by Crippen LogP contribution is -2.38. The molecule has 0 spiro atoms. The number of nitrogens with one attached hydrogen (secondary N) is 2. The molecule has 1 aliphatic rings. The van der Waals surface area contributed by atoms with E-state index in [9.17, 15) is 18.8 Å². The lowest BCUT2D eigenvalue weighted by molar-refractivity contribution is -0.127. The summed E-state index contributed by atoms with van der Waals surface area (Å²) < 4.78 is 24.8. The Labute approximate surface area is 188 Å². The number of benzene rings is 2. The van der Waals surface area contributed by atoms with Gasteiger partial charge in [0.2, 0.25) is 5.91 Å². The van der Waals surface area contributed by atoms with Crippen molar-refractivity contribution in [1.29, 1.82) is 0 Å². The fourth-order valence-corrected chi connectivity index (χ4v) is 3.27. The highest BCUT2D eigenvalue weighted by atomic mass is 35.5. The molecular weight excluding hydrogens is 441 g/mol. The van der Waals surface area contributed by atoms with Gasteiger partial charge in [0, 0.05) is 0 Å². The minimum absolute atomic E-state index is 0.0450. The van der Waals surface area contributed by atoms with Gasteiger partial charge in [0.1, 0.15) is 18.1 Å². The Hall–Kier alpha value is -3.59. The summed E-state index contributed by atoms with van der Waals surface area (Å²) >= 11 is 6.29. The van der Waals surface area contributed by atoms with Gasteiger partial charge in [0.05, 0.1) is 23.9 Å². The topological polar surface area (TPSA) is 97.0 Å². The Morgan fingerprint density at radius 2 is 1.91 bits per heavy atom. The number of halogens is 2. The van der Waals surface area contributed by atoms with Gasteiger partial charge in [-0.3, -0.25) is 9.59 Å². The Bertz CT molecular complexity index is 1090. The van der Waals surface area contributed by atoms with E-state index >= 15 is 0 Å². The first-order chi connectivity index (χ1) is 15.3. The minimum atomic E-state index is -0.771. The normalized spacial score (nSPS) is 14.5. The van der Waals surface area contributed by atoms with E-state index in [1.807, 2.05) is 6.92 Å². The third-order valence-electron chi connectivity index (χ3n) is 4.34. The third-order valence-corrected chi connectivity index (χ3v) is 4.62. The highest BCUT2D eigenvalue weighted by Crippen LogP contribution is 2.37. The van der Waals surface area contributed by atoms with Gasteiger partial charge in [-0.1, -0.05) is 23.7 Å². The van der Waals surface area contributed by atoms with Crippen molar-refractivity contribution in [1.82, 2.24) is 10.2 Å². The second-order valence-electron chi connectivity index (χ2n) is 6.60. The van der Waals surface area contributed by atoms with Crippen molar-refractivity contribution in [2.45, 2.75) is 13.8 Å². The number of ether oxygens (including phenoxy) is 2. The summed E-state index contributed by atoms with van der Waals surface area (Å²) in [5.74, 6) is -1.28. The number of carbonyl (C=O) groups excluding carboxylic acids is 3. The zero-order chi connectivity index (χ0) is 23.3. The number of rotatable bonds is 8. The molecule has 0 unspecified atom stereocenters. The molecule has 1 heterocycles. The maximum absolute atomic E-state index is 13.7. The van der Waals surface area contributed by atoms with Crippen molar-refractivity contribution in [3.63, 3.8) is 0 Å². The molecule has 168 valence electrons. The molecule has 0 aliphatic carbocycles. The number of hydrogen-bond acceptors (Lipinski definition) is 5. The van der Waals surface area contributed by atoms with Crippen LogP contribution in [0.25, 0.3) is 6.08 Å². The highest BCUT2D eigenvalue weighted by Gasteiger charge is 2.35. The smallest absolute Gasteiger partial charge is 0.329 e. The second-order valence-corrected chi connectivity index (χ2v) is 7.01. The molecule has 2 aromatic rings. The average Bonchev–Trinajstić information content (AvgIpc) is 3.00. The highest BCUT2D eigenvalue weighted by molar-refractivity contribution is 6.32. The summed E-state index contributed by atoms with van der Waals surface area (Å²) in [5, 5.41) is 5.04. The van der Waals surface area contributed by atoms with Crippen molar-refractivity contribution in [3.8, 4) is 11.5 Å². The summed E-state index contributed by atoms with van der Waals surface area (Å²) in [6.45, 7) is 3.80. The lowest BCUT2D eigenvalue weighted by atomic mass is 10.1. The molecule has 0 saturated carbocycles.